The molecule has 1 aromatic heterocycles. The SMILES string of the molecule is CC(C)(C)OC(=O)N1CCC(c2cccc([Se])n2)CC1. The van der Waals surface area contributed by atoms with E-state index in [-0.39, 0.29) is 6.09 Å². The second-order valence-electron chi connectivity index (χ2n) is 6.14. The summed E-state index contributed by atoms with van der Waals surface area (Å²) in [6, 6.07) is 6.04. The second kappa shape index (κ2) is 6.15. The summed E-state index contributed by atoms with van der Waals surface area (Å²) in [5.41, 5.74) is 0.687. The zero-order chi connectivity index (χ0) is 14.8. The van der Waals surface area contributed by atoms with Gasteiger partial charge < -0.3 is 0 Å². The predicted molar refractivity (Wildman–Crippen MR) is 79.4 cm³/mol. The van der Waals surface area contributed by atoms with Crippen molar-refractivity contribution in [3.63, 3.8) is 0 Å². The molecule has 0 unspecified atom stereocenters. The average Bonchev–Trinajstić information content (AvgIpc) is 2.37. The number of piperidine rings is 1. The zero-order valence-corrected chi connectivity index (χ0v) is 14.0. The van der Waals surface area contributed by atoms with Crippen LogP contribution < -0.4 is 4.59 Å². The van der Waals surface area contributed by atoms with Crippen LogP contribution in [-0.2, 0) is 4.74 Å². The molecule has 1 aliphatic heterocycles. The van der Waals surface area contributed by atoms with Gasteiger partial charge in [0.25, 0.3) is 0 Å². The van der Waals surface area contributed by atoms with E-state index in [9.17, 15) is 4.79 Å². The molecular weight excluding hydrogens is 319 g/mol. The Morgan fingerprint density at radius 3 is 2.55 bits per heavy atom. The molecule has 1 amide bonds. The van der Waals surface area contributed by atoms with E-state index in [0.717, 1.165) is 36.2 Å². The Bertz CT molecular complexity index is 477. The van der Waals surface area contributed by atoms with Gasteiger partial charge in [-0.25, -0.2) is 0 Å². The molecule has 20 heavy (non-hydrogen) atoms. The molecule has 0 saturated carbocycles. The van der Waals surface area contributed by atoms with Crippen molar-refractivity contribution in [3.8, 4) is 0 Å². The second-order valence-corrected chi connectivity index (χ2v) is 7.02. The standard InChI is InChI=1S/C15H21N2O2Se/c1-15(2,3)19-14(18)17-9-7-11(8-10-17)12-5-4-6-13(20)16-12/h4-6,11H,7-10H2,1-3H3. The fraction of sp³-hybridized carbons (Fsp3) is 0.600. The van der Waals surface area contributed by atoms with Crippen LogP contribution in [0, 0.1) is 0 Å². The third kappa shape index (κ3) is 4.22. The van der Waals surface area contributed by atoms with Gasteiger partial charge in [-0.2, -0.15) is 0 Å². The molecule has 5 heteroatoms. The molecule has 2 heterocycles. The van der Waals surface area contributed by atoms with Crippen molar-refractivity contribution in [2.75, 3.05) is 13.1 Å². The van der Waals surface area contributed by atoms with Crippen molar-refractivity contribution in [2.24, 2.45) is 0 Å². The molecule has 1 radical (unpaired) electrons. The minimum atomic E-state index is -0.429. The van der Waals surface area contributed by atoms with Crippen molar-refractivity contribution in [3.05, 3.63) is 23.9 Å². The summed E-state index contributed by atoms with van der Waals surface area (Å²) in [6.45, 7) is 7.15. The monoisotopic (exact) mass is 341 g/mol. The Labute approximate surface area is 128 Å². The first-order chi connectivity index (χ1) is 9.35. The molecule has 0 aliphatic carbocycles. The summed E-state index contributed by atoms with van der Waals surface area (Å²) < 4.78 is 6.33. The van der Waals surface area contributed by atoms with Crippen LogP contribution in [0.25, 0.3) is 0 Å². The van der Waals surface area contributed by atoms with Crippen molar-refractivity contribution in [1.82, 2.24) is 9.88 Å². The van der Waals surface area contributed by atoms with Crippen molar-refractivity contribution in [2.45, 2.75) is 45.1 Å². The number of likely N-dealkylation sites (tertiary alicyclic amines) is 1. The van der Waals surface area contributed by atoms with Gasteiger partial charge in [-0.15, -0.1) is 0 Å². The maximum atomic E-state index is 12.0. The van der Waals surface area contributed by atoms with Gasteiger partial charge in [-0.1, -0.05) is 0 Å². The number of hydrogen-bond acceptors (Lipinski definition) is 3. The summed E-state index contributed by atoms with van der Waals surface area (Å²) in [7, 11) is 0. The van der Waals surface area contributed by atoms with Crippen molar-refractivity contribution < 1.29 is 9.53 Å². The average molecular weight is 340 g/mol. The fourth-order valence-electron chi connectivity index (χ4n) is 2.34. The van der Waals surface area contributed by atoms with Gasteiger partial charge in [-0.3, -0.25) is 0 Å². The Morgan fingerprint density at radius 2 is 2.00 bits per heavy atom. The molecule has 0 atom stereocenters. The molecule has 1 aliphatic rings. The van der Waals surface area contributed by atoms with Gasteiger partial charge in [0.05, 0.1) is 0 Å². The number of hydrogen-bond donors (Lipinski definition) is 0. The number of amides is 1. The van der Waals surface area contributed by atoms with E-state index in [1.165, 1.54) is 0 Å². The Kier molecular flexibility index (Phi) is 4.71. The summed E-state index contributed by atoms with van der Waals surface area (Å²) >= 11 is 2.94. The van der Waals surface area contributed by atoms with Crippen LogP contribution in [0.4, 0.5) is 4.79 Å². The topological polar surface area (TPSA) is 42.4 Å². The summed E-state index contributed by atoms with van der Waals surface area (Å²) in [6.07, 6.45) is 1.67. The van der Waals surface area contributed by atoms with E-state index < -0.39 is 5.60 Å². The van der Waals surface area contributed by atoms with E-state index in [0.29, 0.717) is 5.92 Å². The number of aromatic nitrogens is 1. The van der Waals surface area contributed by atoms with Gasteiger partial charge in [0.2, 0.25) is 0 Å². The Hall–Kier alpha value is -1.06. The minimum absolute atomic E-state index is 0.207. The molecule has 1 aromatic rings. The van der Waals surface area contributed by atoms with Gasteiger partial charge in [0.1, 0.15) is 0 Å². The Morgan fingerprint density at radius 1 is 1.35 bits per heavy atom. The first-order valence-corrected chi connectivity index (χ1v) is 7.83. The molecule has 109 valence electrons. The van der Waals surface area contributed by atoms with E-state index in [2.05, 4.69) is 27.1 Å². The molecule has 0 aromatic carbocycles. The predicted octanol–water partition coefficient (Wildman–Crippen LogP) is 1.99. The zero-order valence-electron chi connectivity index (χ0n) is 12.3. The van der Waals surface area contributed by atoms with Gasteiger partial charge in [-0.05, 0) is 0 Å². The number of rotatable bonds is 1. The fourth-order valence-corrected chi connectivity index (χ4v) is 2.73. The first kappa shape index (κ1) is 15.3. The van der Waals surface area contributed by atoms with Crippen LogP contribution in [0.1, 0.15) is 45.2 Å². The van der Waals surface area contributed by atoms with E-state index in [1.54, 1.807) is 4.90 Å². The van der Waals surface area contributed by atoms with Crippen LogP contribution >= 0.6 is 0 Å². The van der Waals surface area contributed by atoms with Crippen LogP contribution in [0.5, 0.6) is 0 Å². The van der Waals surface area contributed by atoms with Crippen LogP contribution in [0.3, 0.4) is 0 Å². The molecule has 2 rings (SSSR count). The summed E-state index contributed by atoms with van der Waals surface area (Å²) in [5.74, 6) is 0.432. The van der Waals surface area contributed by atoms with Crippen LogP contribution in [0.15, 0.2) is 18.2 Å². The third-order valence-corrected chi connectivity index (χ3v) is 3.79. The molecule has 0 spiro atoms. The first-order valence-electron chi connectivity index (χ1n) is 6.97. The van der Waals surface area contributed by atoms with Gasteiger partial charge in [0.15, 0.2) is 0 Å². The third-order valence-electron chi connectivity index (χ3n) is 3.31. The maximum absolute atomic E-state index is 12.0. The van der Waals surface area contributed by atoms with Gasteiger partial charge in [0, 0.05) is 0 Å². The number of ether oxygens (including phenoxy) is 1. The van der Waals surface area contributed by atoms with Gasteiger partial charge >= 0.3 is 128 Å². The van der Waals surface area contributed by atoms with Crippen LogP contribution in [-0.4, -0.2) is 50.7 Å². The number of pyridine rings is 1. The molecule has 0 N–H and O–H groups in total. The molecule has 0 bridgehead atoms. The Balaban J connectivity index is 1.91. The molecule has 1 fully saturated rings. The van der Waals surface area contributed by atoms with Crippen LogP contribution in [0.2, 0.25) is 0 Å². The summed E-state index contributed by atoms with van der Waals surface area (Å²) in [4.78, 5) is 18.3. The van der Waals surface area contributed by atoms with Crippen molar-refractivity contribution in [1.29, 1.82) is 0 Å². The molecule has 1 saturated heterocycles. The molecular formula is C15H21N2O2Se. The number of carbonyl (C=O) groups excluding carboxylic acids is 1. The molecule has 4 nitrogen and oxygen atoms in total. The van der Waals surface area contributed by atoms with Crippen molar-refractivity contribution >= 4 is 26.7 Å². The van der Waals surface area contributed by atoms with E-state index >= 15 is 0 Å². The number of carbonyl (C=O) groups is 1. The van der Waals surface area contributed by atoms with E-state index in [4.69, 9.17) is 4.74 Å². The van der Waals surface area contributed by atoms with E-state index in [1.807, 2.05) is 32.9 Å². The normalized spacial score (nSPS) is 17.1. The summed E-state index contributed by atoms with van der Waals surface area (Å²) in [5, 5.41) is 0. The quantitative estimate of drug-likeness (QED) is 0.735. The number of nitrogens with zero attached hydrogens (tertiary/aromatic N) is 2.